The van der Waals surface area contributed by atoms with Gasteiger partial charge in [-0.05, 0) is 23.1 Å². The lowest BCUT2D eigenvalue weighted by molar-refractivity contribution is 0.150. The monoisotopic (exact) mass is 261 g/mol. The van der Waals surface area contributed by atoms with Gasteiger partial charge in [0.05, 0.1) is 20.1 Å². The molecule has 1 fully saturated rings. The number of amides is 1. The molecule has 1 aromatic carbocycles. The zero-order chi connectivity index (χ0) is 14.2. The van der Waals surface area contributed by atoms with E-state index in [0.717, 1.165) is 0 Å². The summed E-state index contributed by atoms with van der Waals surface area (Å²) in [5.74, 6) is -0.311. The first-order chi connectivity index (χ1) is 8.82. The lowest BCUT2D eigenvalue weighted by Crippen LogP contribution is -2.25. The fraction of sp³-hybridized carbons (Fsp3) is 0.500. The highest BCUT2D eigenvalue weighted by Gasteiger charge is 2.31. The molecule has 3 nitrogen and oxygen atoms in total. The van der Waals surface area contributed by atoms with Crippen molar-refractivity contribution >= 4 is 19.6 Å². The van der Waals surface area contributed by atoms with Gasteiger partial charge in [0, 0.05) is 0 Å². The quantitative estimate of drug-likeness (QED) is 0.766. The maximum Gasteiger partial charge on any atom is 0.414 e. The first-order valence-electron chi connectivity index (χ1n) is 6.31. The molecule has 0 aromatic heterocycles. The molecular formula is C14H17BFNO2. The zero-order valence-corrected chi connectivity index (χ0v) is 11.4. The van der Waals surface area contributed by atoms with Crippen LogP contribution in [0, 0.1) is 5.82 Å². The largest absolute Gasteiger partial charge is 0.445 e. The number of ether oxygens (including phenoxy) is 1. The summed E-state index contributed by atoms with van der Waals surface area (Å²) in [6, 6.07) is 4.83. The lowest BCUT2D eigenvalue weighted by atomic mass is 9.86. The summed E-state index contributed by atoms with van der Waals surface area (Å²) < 4.78 is 19.2. The SMILES string of the molecule is [B]CC1CN(c2ccc(C(C)(C)C)c(F)c2)C(=O)O1. The average molecular weight is 261 g/mol. The van der Waals surface area contributed by atoms with E-state index < -0.39 is 6.09 Å². The number of hydrogen-bond donors (Lipinski definition) is 0. The van der Waals surface area contributed by atoms with Crippen molar-refractivity contribution in [2.24, 2.45) is 0 Å². The van der Waals surface area contributed by atoms with Crippen molar-refractivity contribution in [1.29, 1.82) is 0 Å². The van der Waals surface area contributed by atoms with Crippen molar-refractivity contribution in [2.45, 2.75) is 38.6 Å². The molecule has 0 N–H and O–H groups in total. The van der Waals surface area contributed by atoms with Crippen LogP contribution in [-0.4, -0.2) is 26.6 Å². The van der Waals surface area contributed by atoms with E-state index >= 15 is 0 Å². The molecule has 1 aliphatic rings. The second-order valence-corrected chi connectivity index (χ2v) is 5.77. The number of carbonyl (C=O) groups excluding carboxylic acids is 1. The molecule has 0 aliphatic carbocycles. The summed E-state index contributed by atoms with van der Waals surface area (Å²) in [4.78, 5) is 13.1. The molecule has 1 heterocycles. The van der Waals surface area contributed by atoms with Crippen LogP contribution in [0.15, 0.2) is 18.2 Å². The van der Waals surface area contributed by atoms with E-state index in [-0.39, 0.29) is 23.7 Å². The molecule has 0 bridgehead atoms. The first-order valence-corrected chi connectivity index (χ1v) is 6.31. The molecule has 0 saturated carbocycles. The second-order valence-electron chi connectivity index (χ2n) is 5.77. The fourth-order valence-corrected chi connectivity index (χ4v) is 2.14. The van der Waals surface area contributed by atoms with Crippen LogP contribution in [0.25, 0.3) is 0 Å². The second kappa shape index (κ2) is 4.87. The van der Waals surface area contributed by atoms with Gasteiger partial charge in [-0.15, -0.1) is 0 Å². The average Bonchev–Trinajstić information content (AvgIpc) is 2.68. The van der Waals surface area contributed by atoms with Gasteiger partial charge in [0.1, 0.15) is 11.9 Å². The highest BCUT2D eigenvalue weighted by atomic mass is 19.1. The Morgan fingerprint density at radius 3 is 2.63 bits per heavy atom. The molecular weight excluding hydrogens is 244 g/mol. The van der Waals surface area contributed by atoms with Gasteiger partial charge >= 0.3 is 6.09 Å². The zero-order valence-electron chi connectivity index (χ0n) is 11.4. The summed E-state index contributed by atoms with van der Waals surface area (Å²) in [7, 11) is 5.47. The third-order valence-corrected chi connectivity index (χ3v) is 3.21. The minimum absolute atomic E-state index is 0.269. The van der Waals surface area contributed by atoms with E-state index in [9.17, 15) is 9.18 Å². The molecule has 0 spiro atoms. The van der Waals surface area contributed by atoms with E-state index in [2.05, 4.69) is 0 Å². The standard InChI is InChI=1S/C14H17BFNO2/c1-14(2,3)11-5-4-9(6-12(11)16)17-8-10(7-15)19-13(17)18/h4-6,10H,7-8H2,1-3H3. The van der Waals surface area contributed by atoms with E-state index in [1.54, 1.807) is 12.1 Å². The van der Waals surface area contributed by atoms with Gasteiger partial charge in [-0.25, -0.2) is 9.18 Å². The van der Waals surface area contributed by atoms with Crippen molar-refractivity contribution in [3.05, 3.63) is 29.6 Å². The minimum Gasteiger partial charge on any atom is -0.445 e. The highest BCUT2D eigenvalue weighted by molar-refractivity contribution is 6.09. The van der Waals surface area contributed by atoms with Crippen LogP contribution in [0.5, 0.6) is 0 Å². The predicted octanol–water partition coefficient (Wildman–Crippen LogP) is 3.04. The molecule has 1 unspecified atom stereocenters. The minimum atomic E-state index is -0.474. The molecule has 5 heteroatoms. The Morgan fingerprint density at radius 2 is 2.16 bits per heavy atom. The van der Waals surface area contributed by atoms with Crippen molar-refractivity contribution < 1.29 is 13.9 Å². The molecule has 1 atom stereocenters. The van der Waals surface area contributed by atoms with Crippen LogP contribution in [0.4, 0.5) is 14.9 Å². The third kappa shape index (κ3) is 2.75. The number of rotatable bonds is 2. The summed E-state index contributed by atoms with van der Waals surface area (Å²) >= 11 is 0. The number of halogens is 1. The maximum atomic E-state index is 14.1. The van der Waals surface area contributed by atoms with Crippen LogP contribution in [-0.2, 0) is 10.2 Å². The Kier molecular flexibility index (Phi) is 3.57. The number of nitrogens with zero attached hydrogens (tertiary/aromatic N) is 1. The Bertz CT molecular complexity index is 499. The highest BCUT2D eigenvalue weighted by Crippen LogP contribution is 2.30. The van der Waals surface area contributed by atoms with Crippen LogP contribution in [0.2, 0.25) is 6.32 Å². The number of carbonyl (C=O) groups is 1. The van der Waals surface area contributed by atoms with E-state index in [4.69, 9.17) is 12.6 Å². The molecule has 100 valence electrons. The van der Waals surface area contributed by atoms with Gasteiger partial charge in [-0.2, -0.15) is 0 Å². The van der Waals surface area contributed by atoms with Gasteiger partial charge in [0.2, 0.25) is 0 Å². The summed E-state index contributed by atoms with van der Waals surface area (Å²) in [5.41, 5.74) is 0.860. The molecule has 2 rings (SSSR count). The first kappa shape index (κ1) is 13.9. The van der Waals surface area contributed by atoms with E-state index in [0.29, 0.717) is 17.8 Å². The molecule has 1 aliphatic heterocycles. The predicted molar refractivity (Wildman–Crippen MR) is 73.3 cm³/mol. The molecule has 1 saturated heterocycles. The molecule has 19 heavy (non-hydrogen) atoms. The third-order valence-electron chi connectivity index (χ3n) is 3.21. The smallest absolute Gasteiger partial charge is 0.414 e. The fourth-order valence-electron chi connectivity index (χ4n) is 2.14. The van der Waals surface area contributed by atoms with E-state index in [1.807, 2.05) is 20.8 Å². The number of benzene rings is 1. The van der Waals surface area contributed by atoms with Gasteiger partial charge in [0.15, 0.2) is 0 Å². The van der Waals surface area contributed by atoms with Crippen LogP contribution in [0.3, 0.4) is 0 Å². The van der Waals surface area contributed by atoms with E-state index in [1.165, 1.54) is 11.0 Å². The van der Waals surface area contributed by atoms with Gasteiger partial charge in [0.25, 0.3) is 0 Å². The lowest BCUT2D eigenvalue weighted by Gasteiger charge is -2.21. The van der Waals surface area contributed by atoms with Crippen LogP contribution < -0.4 is 4.90 Å². The summed E-state index contributed by atoms with van der Waals surface area (Å²) in [6.07, 6.45) is -0.527. The van der Waals surface area contributed by atoms with Gasteiger partial charge in [-0.1, -0.05) is 33.2 Å². The van der Waals surface area contributed by atoms with Crippen LogP contribution in [0.1, 0.15) is 26.3 Å². The van der Waals surface area contributed by atoms with Crippen molar-refractivity contribution in [3.63, 3.8) is 0 Å². The van der Waals surface area contributed by atoms with Gasteiger partial charge < -0.3 is 4.74 Å². The number of cyclic esters (lactones) is 1. The van der Waals surface area contributed by atoms with Crippen molar-refractivity contribution in [2.75, 3.05) is 11.4 Å². The number of anilines is 1. The number of hydrogen-bond acceptors (Lipinski definition) is 2. The van der Waals surface area contributed by atoms with Crippen LogP contribution >= 0.6 is 0 Å². The Morgan fingerprint density at radius 1 is 1.47 bits per heavy atom. The molecule has 1 aromatic rings. The van der Waals surface area contributed by atoms with Crippen molar-refractivity contribution in [3.8, 4) is 0 Å². The molecule has 1 amide bonds. The van der Waals surface area contributed by atoms with Gasteiger partial charge in [-0.3, -0.25) is 4.90 Å². The maximum absolute atomic E-state index is 14.1. The Hall–Kier alpha value is -1.52. The summed E-state index contributed by atoms with van der Waals surface area (Å²) in [6.45, 7) is 6.20. The topological polar surface area (TPSA) is 29.5 Å². The van der Waals surface area contributed by atoms with Crippen molar-refractivity contribution in [1.82, 2.24) is 0 Å². The Labute approximate surface area is 114 Å². The normalized spacial score (nSPS) is 19.7. The summed E-state index contributed by atoms with van der Waals surface area (Å²) in [5, 5.41) is 0. The molecule has 2 radical (unpaired) electrons. The Balaban J connectivity index is 2.28.